The Bertz CT molecular complexity index is 915. The molecule has 1 fully saturated rings. The molecule has 1 N–H and O–H groups in total. The first-order valence-corrected chi connectivity index (χ1v) is 9.94. The zero-order valence-electron chi connectivity index (χ0n) is 16.5. The molecule has 1 saturated heterocycles. The van der Waals surface area contributed by atoms with Crippen molar-refractivity contribution in [2.45, 2.75) is 19.9 Å². The van der Waals surface area contributed by atoms with Crippen molar-refractivity contribution < 1.29 is 13.9 Å². The van der Waals surface area contributed by atoms with Crippen LogP contribution in [0.3, 0.4) is 0 Å². The third-order valence-electron chi connectivity index (χ3n) is 4.82. The smallest absolute Gasteiger partial charge is 0.317 e. The van der Waals surface area contributed by atoms with E-state index in [2.05, 4.69) is 27.1 Å². The first kappa shape index (κ1) is 19.0. The fourth-order valence-electron chi connectivity index (χ4n) is 3.19. The van der Waals surface area contributed by atoms with E-state index in [1.54, 1.807) is 6.20 Å². The number of aromatic nitrogens is 2. The number of fused-ring (bicyclic) bond motifs is 1. The number of amides is 2. The van der Waals surface area contributed by atoms with Gasteiger partial charge in [-0.3, -0.25) is 0 Å². The Morgan fingerprint density at radius 3 is 2.72 bits per heavy atom. The summed E-state index contributed by atoms with van der Waals surface area (Å²) in [7, 11) is 0. The second-order valence-corrected chi connectivity index (χ2v) is 6.95. The molecule has 3 aromatic rings. The van der Waals surface area contributed by atoms with Crippen LogP contribution in [0.5, 0.6) is 5.88 Å². The van der Waals surface area contributed by atoms with Crippen molar-refractivity contribution >= 4 is 23.1 Å². The van der Waals surface area contributed by atoms with Crippen LogP contribution in [-0.2, 0) is 6.54 Å². The Labute approximate surface area is 169 Å². The minimum Gasteiger partial charge on any atom is -0.478 e. The molecule has 4 rings (SSSR count). The van der Waals surface area contributed by atoms with E-state index in [-0.39, 0.29) is 6.03 Å². The minimum atomic E-state index is -0.0754. The Kier molecular flexibility index (Phi) is 5.79. The molecule has 0 saturated carbocycles. The van der Waals surface area contributed by atoms with Crippen molar-refractivity contribution in [1.29, 1.82) is 0 Å². The summed E-state index contributed by atoms with van der Waals surface area (Å²) in [5.41, 5.74) is 2.57. The predicted molar refractivity (Wildman–Crippen MR) is 110 cm³/mol. The highest BCUT2D eigenvalue weighted by Crippen LogP contribution is 2.22. The Balaban J connectivity index is 1.25. The standard InChI is InChI=1S/C21H25N5O3/c1-2-13-28-19-8-7-16(14-22-19)15-23-20(27)25-9-11-26(12-10-25)21-24-17-5-3-4-6-18(17)29-21/h3-8,14H,2,9-13,15H2,1H3,(H,23,27). The van der Waals surface area contributed by atoms with Crippen LogP contribution < -0.4 is 15.0 Å². The number of nitrogens with zero attached hydrogens (tertiary/aromatic N) is 4. The Morgan fingerprint density at radius 2 is 2.00 bits per heavy atom. The molecule has 29 heavy (non-hydrogen) atoms. The minimum absolute atomic E-state index is 0.0754. The predicted octanol–water partition coefficient (Wildman–Crippen LogP) is 3.04. The summed E-state index contributed by atoms with van der Waals surface area (Å²) in [5, 5.41) is 2.96. The van der Waals surface area contributed by atoms with Crippen molar-refractivity contribution in [2.75, 3.05) is 37.7 Å². The molecule has 2 amide bonds. The van der Waals surface area contributed by atoms with Crippen molar-refractivity contribution in [3.05, 3.63) is 48.2 Å². The average Bonchev–Trinajstić information content (AvgIpc) is 3.21. The molecule has 0 radical (unpaired) electrons. The van der Waals surface area contributed by atoms with Crippen molar-refractivity contribution in [3.63, 3.8) is 0 Å². The lowest BCUT2D eigenvalue weighted by Gasteiger charge is -2.33. The topological polar surface area (TPSA) is 83.7 Å². The normalized spacial score (nSPS) is 14.2. The van der Waals surface area contributed by atoms with E-state index in [1.807, 2.05) is 41.3 Å². The molecule has 8 nitrogen and oxygen atoms in total. The van der Waals surface area contributed by atoms with E-state index in [4.69, 9.17) is 9.15 Å². The van der Waals surface area contributed by atoms with E-state index in [1.165, 1.54) is 0 Å². The van der Waals surface area contributed by atoms with Crippen molar-refractivity contribution in [2.24, 2.45) is 0 Å². The van der Waals surface area contributed by atoms with Gasteiger partial charge in [-0.25, -0.2) is 9.78 Å². The van der Waals surface area contributed by atoms with Crippen LogP contribution in [0.15, 0.2) is 47.0 Å². The van der Waals surface area contributed by atoms with Crippen LogP contribution in [0.25, 0.3) is 11.1 Å². The van der Waals surface area contributed by atoms with Crippen LogP contribution in [0.2, 0.25) is 0 Å². The number of anilines is 1. The number of piperazine rings is 1. The summed E-state index contributed by atoms with van der Waals surface area (Å²) in [6.07, 6.45) is 2.68. The SMILES string of the molecule is CCCOc1ccc(CNC(=O)N2CCN(c3nc4ccccc4o3)CC2)cn1. The van der Waals surface area contributed by atoms with Crippen molar-refractivity contribution in [1.82, 2.24) is 20.2 Å². The van der Waals surface area contributed by atoms with Gasteiger partial charge in [0.15, 0.2) is 5.58 Å². The number of hydrogen-bond acceptors (Lipinski definition) is 6. The lowest BCUT2D eigenvalue weighted by Crippen LogP contribution is -2.51. The fourth-order valence-corrected chi connectivity index (χ4v) is 3.19. The summed E-state index contributed by atoms with van der Waals surface area (Å²) in [4.78, 5) is 25.1. The molecule has 1 aliphatic rings. The van der Waals surface area contributed by atoms with E-state index < -0.39 is 0 Å². The summed E-state index contributed by atoms with van der Waals surface area (Å²) in [6.45, 7) is 5.75. The molecule has 8 heteroatoms. The van der Waals surface area contributed by atoms with Gasteiger partial charge >= 0.3 is 6.03 Å². The van der Waals surface area contributed by atoms with Gasteiger partial charge in [-0.1, -0.05) is 25.1 Å². The van der Waals surface area contributed by atoms with Crippen LogP contribution in [0.1, 0.15) is 18.9 Å². The number of rotatable bonds is 6. The maximum atomic E-state index is 12.5. The first-order chi connectivity index (χ1) is 14.2. The number of oxazole rings is 1. The number of ether oxygens (including phenoxy) is 1. The molecule has 0 atom stereocenters. The number of pyridine rings is 1. The third kappa shape index (κ3) is 4.59. The summed E-state index contributed by atoms with van der Waals surface area (Å²) < 4.78 is 11.3. The van der Waals surface area contributed by atoms with Gasteiger partial charge in [-0.05, 0) is 24.1 Å². The highest BCUT2D eigenvalue weighted by Gasteiger charge is 2.23. The highest BCUT2D eigenvalue weighted by atomic mass is 16.5. The quantitative estimate of drug-likeness (QED) is 0.691. The second-order valence-electron chi connectivity index (χ2n) is 6.95. The molecule has 0 bridgehead atoms. The summed E-state index contributed by atoms with van der Waals surface area (Å²) in [6, 6.07) is 12.0. The second kappa shape index (κ2) is 8.81. The molecule has 2 aromatic heterocycles. The van der Waals surface area contributed by atoms with Gasteiger partial charge in [-0.15, -0.1) is 0 Å². The molecular formula is C21H25N5O3. The van der Waals surface area contributed by atoms with E-state index in [0.29, 0.717) is 51.2 Å². The summed E-state index contributed by atoms with van der Waals surface area (Å²) >= 11 is 0. The zero-order valence-corrected chi connectivity index (χ0v) is 16.5. The summed E-state index contributed by atoms with van der Waals surface area (Å²) in [5.74, 6) is 0.609. The van der Waals surface area contributed by atoms with Gasteiger partial charge in [0.2, 0.25) is 5.88 Å². The molecule has 3 heterocycles. The monoisotopic (exact) mass is 395 g/mol. The number of urea groups is 1. The number of benzene rings is 1. The highest BCUT2D eigenvalue weighted by molar-refractivity contribution is 5.75. The van der Waals surface area contributed by atoms with Crippen LogP contribution in [0.4, 0.5) is 10.8 Å². The van der Waals surface area contributed by atoms with Gasteiger partial charge in [0.25, 0.3) is 6.01 Å². The Hall–Kier alpha value is -3.29. The lowest BCUT2D eigenvalue weighted by atomic mass is 10.3. The first-order valence-electron chi connectivity index (χ1n) is 9.94. The van der Waals surface area contributed by atoms with Gasteiger partial charge in [0.1, 0.15) is 5.52 Å². The number of carbonyl (C=O) groups is 1. The van der Waals surface area contributed by atoms with Gasteiger partial charge in [0, 0.05) is 45.0 Å². The largest absolute Gasteiger partial charge is 0.478 e. The maximum Gasteiger partial charge on any atom is 0.317 e. The van der Waals surface area contributed by atoms with E-state index >= 15 is 0 Å². The van der Waals surface area contributed by atoms with Gasteiger partial charge < -0.3 is 24.3 Å². The van der Waals surface area contributed by atoms with Gasteiger partial charge in [-0.2, -0.15) is 4.98 Å². The number of nitrogens with one attached hydrogen (secondary N) is 1. The molecule has 152 valence electrons. The van der Waals surface area contributed by atoms with Crippen LogP contribution in [0, 0.1) is 0 Å². The number of carbonyl (C=O) groups excluding carboxylic acids is 1. The van der Waals surface area contributed by atoms with E-state index in [9.17, 15) is 4.79 Å². The average molecular weight is 395 g/mol. The molecule has 0 aliphatic carbocycles. The van der Waals surface area contributed by atoms with Gasteiger partial charge in [0.05, 0.1) is 6.61 Å². The van der Waals surface area contributed by atoms with E-state index in [0.717, 1.165) is 23.1 Å². The van der Waals surface area contributed by atoms with Crippen LogP contribution >= 0.6 is 0 Å². The Morgan fingerprint density at radius 1 is 1.17 bits per heavy atom. The fraction of sp³-hybridized carbons (Fsp3) is 0.381. The lowest BCUT2D eigenvalue weighted by molar-refractivity contribution is 0.193. The maximum absolute atomic E-state index is 12.5. The number of para-hydroxylation sites is 2. The molecule has 1 aromatic carbocycles. The molecule has 0 unspecified atom stereocenters. The number of hydrogen-bond donors (Lipinski definition) is 1. The molecule has 1 aliphatic heterocycles. The zero-order chi connectivity index (χ0) is 20.1. The molecule has 0 spiro atoms. The van der Waals surface area contributed by atoms with Crippen LogP contribution in [-0.4, -0.2) is 53.7 Å². The third-order valence-corrected chi connectivity index (χ3v) is 4.82. The molecular weight excluding hydrogens is 370 g/mol. The van der Waals surface area contributed by atoms with Crippen molar-refractivity contribution in [3.8, 4) is 5.88 Å².